The van der Waals surface area contributed by atoms with E-state index in [9.17, 15) is 0 Å². The second-order valence-corrected chi connectivity index (χ2v) is 5.07. The van der Waals surface area contributed by atoms with Crippen LogP contribution < -0.4 is 11.1 Å². The zero-order valence-corrected chi connectivity index (χ0v) is 11.9. The lowest BCUT2D eigenvalue weighted by Crippen LogP contribution is -2.40. The van der Waals surface area contributed by atoms with E-state index in [0.29, 0.717) is 31.4 Å². The van der Waals surface area contributed by atoms with Gasteiger partial charge in [0.05, 0.1) is 6.61 Å². The van der Waals surface area contributed by atoms with E-state index >= 15 is 0 Å². The number of ether oxygens (including phenoxy) is 2. The quantitative estimate of drug-likeness (QED) is 0.767. The lowest BCUT2D eigenvalue weighted by molar-refractivity contribution is -0.00631. The summed E-state index contributed by atoms with van der Waals surface area (Å²) in [4.78, 5) is 8.85. The van der Waals surface area contributed by atoms with Crippen molar-refractivity contribution in [3.8, 4) is 0 Å². The first-order chi connectivity index (χ1) is 9.04. The Hall–Kier alpha value is -1.31. The molecule has 0 radical (unpaired) electrons. The van der Waals surface area contributed by atoms with Crippen molar-refractivity contribution in [1.82, 2.24) is 9.97 Å². The molecule has 1 aliphatic rings. The van der Waals surface area contributed by atoms with E-state index < -0.39 is 0 Å². The van der Waals surface area contributed by atoms with Crippen LogP contribution in [0.2, 0.25) is 0 Å². The molecule has 1 aromatic rings. The molecule has 0 amide bonds. The predicted molar refractivity (Wildman–Crippen MR) is 76.3 cm³/mol. The number of rotatable bonds is 5. The van der Waals surface area contributed by atoms with Crippen LogP contribution in [0, 0.1) is 6.92 Å². The molecule has 1 unspecified atom stereocenters. The third-order valence-corrected chi connectivity index (χ3v) is 3.38. The molecule has 0 saturated carbocycles. The van der Waals surface area contributed by atoms with Gasteiger partial charge in [0.2, 0.25) is 5.95 Å². The summed E-state index contributed by atoms with van der Waals surface area (Å²) < 4.78 is 10.9. The highest BCUT2D eigenvalue weighted by molar-refractivity contribution is 7.80. The van der Waals surface area contributed by atoms with Gasteiger partial charge in [-0.25, -0.2) is 9.97 Å². The van der Waals surface area contributed by atoms with Gasteiger partial charge in [-0.1, -0.05) is 12.2 Å². The smallest absolute Gasteiger partial charge is 0.223 e. The first-order valence-corrected chi connectivity index (χ1v) is 6.48. The second-order valence-electron chi connectivity index (χ2n) is 4.63. The van der Waals surface area contributed by atoms with Gasteiger partial charge < -0.3 is 20.5 Å². The molecule has 2 rings (SSSR count). The molecule has 19 heavy (non-hydrogen) atoms. The van der Waals surface area contributed by atoms with Crippen LogP contribution in [-0.4, -0.2) is 47.4 Å². The Balaban J connectivity index is 2.08. The Kier molecular flexibility index (Phi) is 4.28. The fourth-order valence-electron chi connectivity index (χ4n) is 1.98. The van der Waals surface area contributed by atoms with Crippen molar-refractivity contribution in [3.05, 3.63) is 17.5 Å². The maximum Gasteiger partial charge on any atom is 0.223 e. The Morgan fingerprint density at radius 3 is 3.00 bits per heavy atom. The first-order valence-electron chi connectivity index (χ1n) is 6.07. The molecule has 0 spiro atoms. The standard InChI is InChI=1S/C12H18N4O2S/c1-8-5-9(10(13)19)16-11(15-8)14-6-12(17-2)3-4-18-7-12/h5H,3-4,6-7H2,1-2H3,(H2,13,19)(H,14,15,16). The number of aryl methyl sites for hydroxylation is 1. The van der Waals surface area contributed by atoms with Crippen molar-refractivity contribution >= 4 is 23.2 Å². The van der Waals surface area contributed by atoms with E-state index in [4.69, 9.17) is 27.4 Å². The van der Waals surface area contributed by atoms with E-state index in [1.54, 1.807) is 13.2 Å². The van der Waals surface area contributed by atoms with Crippen LogP contribution in [0.5, 0.6) is 0 Å². The van der Waals surface area contributed by atoms with Crippen LogP contribution in [-0.2, 0) is 9.47 Å². The van der Waals surface area contributed by atoms with Crippen LogP contribution in [0.1, 0.15) is 17.8 Å². The maximum atomic E-state index is 5.59. The fourth-order valence-corrected chi connectivity index (χ4v) is 2.08. The minimum atomic E-state index is -0.309. The number of nitrogens with zero attached hydrogens (tertiary/aromatic N) is 2. The molecule has 1 atom stereocenters. The van der Waals surface area contributed by atoms with Gasteiger partial charge in [0, 0.05) is 32.4 Å². The molecule has 6 nitrogen and oxygen atoms in total. The van der Waals surface area contributed by atoms with Gasteiger partial charge in [-0.2, -0.15) is 0 Å². The van der Waals surface area contributed by atoms with Crippen molar-refractivity contribution in [2.24, 2.45) is 5.73 Å². The third kappa shape index (κ3) is 3.37. The number of anilines is 1. The highest BCUT2D eigenvalue weighted by atomic mass is 32.1. The summed E-state index contributed by atoms with van der Waals surface area (Å²) in [5.74, 6) is 0.506. The molecular weight excluding hydrogens is 264 g/mol. The van der Waals surface area contributed by atoms with E-state index in [0.717, 1.165) is 12.1 Å². The van der Waals surface area contributed by atoms with Crippen molar-refractivity contribution in [2.45, 2.75) is 18.9 Å². The molecule has 2 heterocycles. The summed E-state index contributed by atoms with van der Waals surface area (Å²) >= 11 is 4.93. The van der Waals surface area contributed by atoms with Crippen LogP contribution in [0.15, 0.2) is 6.07 Å². The summed E-state index contributed by atoms with van der Waals surface area (Å²) in [5.41, 5.74) is 6.66. The number of nitrogens with one attached hydrogen (secondary N) is 1. The zero-order valence-electron chi connectivity index (χ0n) is 11.1. The molecule has 7 heteroatoms. The topological polar surface area (TPSA) is 82.3 Å². The summed E-state index contributed by atoms with van der Waals surface area (Å²) in [6.45, 7) is 3.75. The Labute approximate surface area is 117 Å². The van der Waals surface area contributed by atoms with Crippen LogP contribution in [0.3, 0.4) is 0 Å². The summed E-state index contributed by atoms with van der Waals surface area (Å²) in [6, 6.07) is 1.76. The van der Waals surface area contributed by atoms with Crippen molar-refractivity contribution in [2.75, 3.05) is 32.2 Å². The first kappa shape index (κ1) is 14.1. The van der Waals surface area contributed by atoms with Gasteiger partial charge in [0.25, 0.3) is 0 Å². The molecule has 1 saturated heterocycles. The predicted octanol–water partition coefficient (Wildman–Crippen LogP) is 0.637. The Morgan fingerprint density at radius 2 is 2.42 bits per heavy atom. The van der Waals surface area contributed by atoms with Gasteiger partial charge in [0.15, 0.2) is 0 Å². The second kappa shape index (κ2) is 5.77. The highest BCUT2D eigenvalue weighted by Gasteiger charge is 2.34. The SMILES string of the molecule is COC1(CNc2nc(C)cc(C(N)=S)n2)CCOC1. The largest absolute Gasteiger partial charge is 0.388 e. The lowest BCUT2D eigenvalue weighted by atomic mass is 10.0. The molecule has 0 aliphatic carbocycles. The van der Waals surface area contributed by atoms with Crippen LogP contribution in [0.25, 0.3) is 0 Å². The number of hydrogen-bond acceptors (Lipinski definition) is 6. The molecule has 0 aromatic carbocycles. The van der Waals surface area contributed by atoms with Gasteiger partial charge >= 0.3 is 0 Å². The van der Waals surface area contributed by atoms with E-state index in [1.165, 1.54) is 0 Å². The van der Waals surface area contributed by atoms with Crippen LogP contribution >= 0.6 is 12.2 Å². The molecule has 104 valence electrons. The summed E-state index contributed by atoms with van der Waals surface area (Å²) in [5, 5.41) is 3.17. The minimum Gasteiger partial charge on any atom is -0.388 e. The molecule has 1 aliphatic heterocycles. The molecule has 3 N–H and O–H groups in total. The Morgan fingerprint density at radius 1 is 1.63 bits per heavy atom. The Bertz CT molecular complexity index is 475. The van der Waals surface area contributed by atoms with Crippen LogP contribution in [0.4, 0.5) is 5.95 Å². The normalized spacial score (nSPS) is 22.4. The number of thiocarbonyl (C=S) groups is 1. The molecule has 1 aromatic heterocycles. The number of aromatic nitrogens is 2. The van der Waals surface area contributed by atoms with Gasteiger partial charge in [-0.3, -0.25) is 0 Å². The molecule has 1 fully saturated rings. The van der Waals surface area contributed by atoms with Gasteiger partial charge in [-0.15, -0.1) is 0 Å². The zero-order chi connectivity index (χ0) is 13.9. The van der Waals surface area contributed by atoms with Crippen molar-refractivity contribution < 1.29 is 9.47 Å². The number of hydrogen-bond donors (Lipinski definition) is 2. The monoisotopic (exact) mass is 282 g/mol. The lowest BCUT2D eigenvalue weighted by Gasteiger charge is -2.25. The minimum absolute atomic E-state index is 0.263. The average Bonchev–Trinajstić information content (AvgIpc) is 2.85. The van der Waals surface area contributed by atoms with E-state index in [-0.39, 0.29) is 10.6 Å². The van der Waals surface area contributed by atoms with E-state index in [2.05, 4.69) is 15.3 Å². The number of methoxy groups -OCH3 is 1. The average molecular weight is 282 g/mol. The maximum absolute atomic E-state index is 5.59. The highest BCUT2D eigenvalue weighted by Crippen LogP contribution is 2.22. The van der Waals surface area contributed by atoms with Gasteiger partial charge in [-0.05, 0) is 13.0 Å². The van der Waals surface area contributed by atoms with Crippen molar-refractivity contribution in [3.63, 3.8) is 0 Å². The fraction of sp³-hybridized carbons (Fsp3) is 0.583. The third-order valence-electron chi connectivity index (χ3n) is 3.18. The van der Waals surface area contributed by atoms with Crippen molar-refractivity contribution in [1.29, 1.82) is 0 Å². The summed E-state index contributed by atoms with van der Waals surface area (Å²) in [7, 11) is 1.69. The number of nitrogens with two attached hydrogens (primary N) is 1. The van der Waals surface area contributed by atoms with Gasteiger partial charge in [0.1, 0.15) is 16.3 Å². The molecular formula is C12H18N4O2S. The summed E-state index contributed by atoms with van der Waals surface area (Å²) in [6.07, 6.45) is 0.852. The molecule has 0 bridgehead atoms. The van der Waals surface area contributed by atoms with E-state index in [1.807, 2.05) is 6.92 Å².